The Kier molecular flexibility index (Phi) is 49.6. The Morgan fingerprint density at radius 2 is 1.30 bits per heavy atom. The van der Waals surface area contributed by atoms with E-state index in [1.165, 1.54) is 13.2 Å². The summed E-state index contributed by atoms with van der Waals surface area (Å²) < 4.78 is 32.4. The van der Waals surface area contributed by atoms with E-state index in [1.54, 1.807) is 0 Å². The van der Waals surface area contributed by atoms with Crippen molar-refractivity contribution in [1.82, 2.24) is 5.32 Å². The molecular formula is C26H45Ac6NO14. The Labute approximate surface area is 491 Å². The first-order valence-electron chi connectivity index (χ1n) is 13.8. The number of rotatable bonds is 17. The third kappa shape index (κ3) is 23.0. The van der Waals surface area contributed by atoms with E-state index in [-0.39, 0.29) is 284 Å². The van der Waals surface area contributed by atoms with Crippen molar-refractivity contribution in [3.8, 4) is 0 Å². The Morgan fingerprint density at radius 3 is 1.85 bits per heavy atom. The van der Waals surface area contributed by atoms with Crippen LogP contribution < -0.4 is 5.32 Å². The normalized spacial score (nSPS) is 29.3. The second kappa shape index (κ2) is 37.0. The molecule has 2 fully saturated rings. The number of methoxy groups -OCH3 is 1. The zero-order valence-electron chi connectivity index (χ0n) is 26.7. The SMILES string of the molecule is C=CCOC(=O)NC1C(O[C@@H]2OC(CO)[C@H](O)C(O)C2O)[C@H](O)C(CO)O[C@H]1OCCCCCCCCC(=O)OC.[Ac].[Ac].[Ac].[Ac].[Ac].[Ac]. The van der Waals surface area contributed by atoms with E-state index in [2.05, 4.69) is 16.6 Å². The van der Waals surface area contributed by atoms with Crippen molar-refractivity contribution in [3.63, 3.8) is 0 Å². The monoisotopic (exact) mass is 1960 g/mol. The molecule has 7 N–H and O–H groups in total. The van der Waals surface area contributed by atoms with Crippen LogP contribution in [0.2, 0.25) is 0 Å². The maximum Gasteiger partial charge on any atom is 0.407 e. The van der Waals surface area contributed by atoms with Crippen LogP contribution in [0.1, 0.15) is 44.9 Å². The summed E-state index contributed by atoms with van der Waals surface area (Å²) in [5.41, 5.74) is 0. The summed E-state index contributed by atoms with van der Waals surface area (Å²) in [6, 6.07) is -1.24. The van der Waals surface area contributed by atoms with Gasteiger partial charge in [-0.25, -0.2) is 4.79 Å². The number of nitrogens with one attached hydrogen (secondary N) is 1. The topological polar surface area (TPSA) is 223 Å². The largest absolute Gasteiger partial charge is 0.469 e. The van der Waals surface area contributed by atoms with Crippen LogP contribution >= 0.6 is 0 Å². The molecule has 2 heterocycles. The van der Waals surface area contributed by atoms with Crippen molar-refractivity contribution in [2.24, 2.45) is 0 Å². The molecule has 2 aliphatic heterocycles. The molecule has 6 radical (unpaired) electrons. The average molecular weight is 1960 g/mol. The quantitative estimate of drug-likeness (QED) is 0.0499. The van der Waals surface area contributed by atoms with Crippen molar-refractivity contribution < 1.29 is 333 Å². The van der Waals surface area contributed by atoms with Gasteiger partial charge in [0.05, 0.1) is 20.3 Å². The molecule has 10 atom stereocenters. The van der Waals surface area contributed by atoms with Gasteiger partial charge in [-0.15, -0.1) is 0 Å². The Morgan fingerprint density at radius 1 is 0.766 bits per heavy atom. The third-order valence-corrected chi connectivity index (χ3v) is 6.90. The predicted octanol–water partition coefficient (Wildman–Crippen LogP) is -1.55. The van der Waals surface area contributed by atoms with E-state index in [0.717, 1.165) is 32.1 Å². The Bertz CT molecular complexity index is 811. The van der Waals surface area contributed by atoms with E-state index in [9.17, 15) is 40.2 Å². The summed E-state index contributed by atoms with van der Waals surface area (Å²) in [5.74, 6) is -0.234. The van der Waals surface area contributed by atoms with Crippen LogP contribution in [0, 0.1) is 264 Å². The summed E-state index contributed by atoms with van der Waals surface area (Å²) in [6.45, 7) is 2.20. The number of esters is 1. The molecule has 0 aromatic heterocycles. The molecule has 6 unspecified atom stereocenters. The van der Waals surface area contributed by atoms with Gasteiger partial charge in [0, 0.05) is 277 Å². The fourth-order valence-electron chi connectivity index (χ4n) is 4.55. The third-order valence-electron chi connectivity index (χ3n) is 6.90. The molecule has 2 saturated heterocycles. The summed E-state index contributed by atoms with van der Waals surface area (Å²) in [4.78, 5) is 23.6. The smallest absolute Gasteiger partial charge is 0.407 e. The molecule has 15 nitrogen and oxygen atoms in total. The van der Waals surface area contributed by atoms with Crippen LogP contribution in [0.15, 0.2) is 12.7 Å². The number of alkyl carbamates (subject to hydrolysis) is 1. The average Bonchev–Trinajstić information content (AvgIpc) is 2.97. The number of aliphatic hydroxyl groups is 6. The number of carbonyl (C=O) groups is 2. The zero-order chi connectivity index (χ0) is 30.4. The maximum atomic E-state index is 12.4. The van der Waals surface area contributed by atoms with E-state index >= 15 is 0 Å². The van der Waals surface area contributed by atoms with Crippen molar-refractivity contribution in [3.05, 3.63) is 12.7 Å². The molecule has 256 valence electrons. The number of amides is 1. The van der Waals surface area contributed by atoms with Gasteiger partial charge in [0.1, 0.15) is 55.4 Å². The number of hydrogen-bond donors (Lipinski definition) is 7. The van der Waals surface area contributed by atoms with Gasteiger partial charge in [0.2, 0.25) is 0 Å². The second-order valence-electron chi connectivity index (χ2n) is 9.89. The van der Waals surface area contributed by atoms with E-state index in [4.69, 9.17) is 23.7 Å². The van der Waals surface area contributed by atoms with Crippen LogP contribution in [-0.2, 0) is 33.2 Å². The van der Waals surface area contributed by atoms with Gasteiger partial charge >= 0.3 is 12.1 Å². The minimum Gasteiger partial charge on any atom is -0.469 e. The molecule has 2 rings (SSSR count). The van der Waals surface area contributed by atoms with Gasteiger partial charge < -0.3 is 64.4 Å². The van der Waals surface area contributed by atoms with Crippen LogP contribution in [0.25, 0.3) is 0 Å². The molecular weight excluding hydrogens is 1910 g/mol. The second-order valence-corrected chi connectivity index (χ2v) is 9.89. The fraction of sp³-hybridized carbons (Fsp3) is 0.846. The van der Waals surface area contributed by atoms with Gasteiger partial charge in [-0.3, -0.25) is 4.79 Å². The Hall–Kier alpha value is 6.73. The molecule has 21 heteroatoms. The molecule has 0 saturated carbocycles. The van der Waals surface area contributed by atoms with Crippen molar-refractivity contribution in [2.45, 2.75) is 106 Å². The first kappa shape index (κ1) is 62.9. The number of carbonyl (C=O) groups excluding carboxylic acids is 2. The summed E-state index contributed by atoms with van der Waals surface area (Å²) in [5, 5.41) is 63.4. The molecule has 2 aliphatic rings. The zero-order valence-corrected chi connectivity index (χ0v) is 55.2. The molecule has 0 bridgehead atoms. The van der Waals surface area contributed by atoms with Gasteiger partial charge in [0.25, 0.3) is 0 Å². The minimum atomic E-state index is -1.78. The van der Waals surface area contributed by atoms with Crippen LogP contribution in [0.3, 0.4) is 0 Å². The number of unbranched alkanes of at least 4 members (excludes halogenated alkanes) is 5. The van der Waals surface area contributed by atoms with Gasteiger partial charge in [0.15, 0.2) is 12.6 Å². The van der Waals surface area contributed by atoms with Crippen molar-refractivity contribution in [1.29, 1.82) is 0 Å². The number of ether oxygens (including phenoxy) is 6. The fourth-order valence-corrected chi connectivity index (χ4v) is 4.55. The first-order chi connectivity index (χ1) is 19.7. The van der Waals surface area contributed by atoms with Crippen LogP contribution in [-0.4, -0.2) is 138 Å². The standard InChI is InChI=1S/C26H45NO14.6Ac/c1-3-11-38-26(35)27-18-23(41-25-22(34)21(33)19(31)15(13-28)40-25)20(32)16(14-29)39-24(18)37-12-9-7-5-4-6-8-10-17(30)36-2;;;;;;/h3,15-16,18-25,28-29,31-34H,1,4-14H2,2H3,(H,27,35);;;;;;/t15?,16?,18?,19-,20+,21?,22?,23?,24+,25-;;;;;;/m0....../s1. The van der Waals surface area contributed by atoms with E-state index in [1.807, 2.05) is 0 Å². The van der Waals surface area contributed by atoms with Crippen LogP contribution in [0.4, 0.5) is 4.79 Å². The minimum absolute atomic E-state index is 0. The van der Waals surface area contributed by atoms with Gasteiger partial charge in [-0.1, -0.05) is 38.3 Å². The van der Waals surface area contributed by atoms with E-state index < -0.39 is 80.7 Å². The summed E-state index contributed by atoms with van der Waals surface area (Å²) in [7, 11) is 1.36. The van der Waals surface area contributed by atoms with Crippen molar-refractivity contribution in [2.75, 3.05) is 33.5 Å². The molecule has 47 heavy (non-hydrogen) atoms. The summed E-state index contributed by atoms with van der Waals surface area (Å²) >= 11 is 0. The number of hydrogen-bond acceptors (Lipinski definition) is 14. The molecule has 1 amide bonds. The molecule has 0 aliphatic carbocycles. The molecule has 0 aromatic rings. The van der Waals surface area contributed by atoms with Crippen LogP contribution in [0.5, 0.6) is 0 Å². The van der Waals surface area contributed by atoms with Crippen molar-refractivity contribution >= 4 is 12.1 Å². The van der Waals surface area contributed by atoms with Gasteiger partial charge in [-0.05, 0) is 12.8 Å². The molecule has 0 aromatic carbocycles. The summed E-state index contributed by atoms with van der Waals surface area (Å²) in [6.07, 6.45) is -7.84. The molecule has 0 spiro atoms. The Balaban J connectivity index is -0.000000980. The van der Waals surface area contributed by atoms with E-state index in [0.29, 0.717) is 12.8 Å². The predicted molar refractivity (Wildman–Crippen MR) is 139 cm³/mol. The van der Waals surface area contributed by atoms with Gasteiger partial charge in [-0.2, -0.15) is 0 Å². The maximum absolute atomic E-state index is 12.4. The number of aliphatic hydroxyl groups excluding tert-OH is 6. The first-order valence-corrected chi connectivity index (χ1v) is 13.8.